The summed E-state index contributed by atoms with van der Waals surface area (Å²) in [5.41, 5.74) is -0.601. The number of rotatable bonds is 6. The first-order valence-corrected chi connectivity index (χ1v) is 7.27. The molecule has 2 N–H and O–H groups in total. The van der Waals surface area contributed by atoms with Crippen LogP contribution in [0.1, 0.15) is 52.9 Å². The summed E-state index contributed by atoms with van der Waals surface area (Å²) < 4.78 is 0. The maximum Gasteiger partial charge on any atom is 0.239 e. The molecule has 1 saturated carbocycles. The third-order valence-electron chi connectivity index (χ3n) is 3.97. The summed E-state index contributed by atoms with van der Waals surface area (Å²) in [6.07, 6.45) is 5.11. The zero-order valence-electron chi connectivity index (χ0n) is 12.0. The summed E-state index contributed by atoms with van der Waals surface area (Å²) >= 11 is 0. The number of hydrogen-bond acceptors (Lipinski definition) is 3. The first-order chi connectivity index (χ1) is 8.52. The molecule has 18 heavy (non-hydrogen) atoms. The molecule has 4 nitrogen and oxygen atoms in total. The fraction of sp³-hybridized carbons (Fsp3) is 0.929. The number of aliphatic hydroxyl groups is 1. The van der Waals surface area contributed by atoms with Crippen molar-refractivity contribution in [3.63, 3.8) is 0 Å². The molecule has 1 unspecified atom stereocenters. The Morgan fingerprint density at radius 1 is 1.28 bits per heavy atom. The van der Waals surface area contributed by atoms with Crippen LogP contribution >= 0.6 is 0 Å². The van der Waals surface area contributed by atoms with Crippen molar-refractivity contribution in [3.05, 3.63) is 0 Å². The van der Waals surface area contributed by atoms with Gasteiger partial charge in [0.25, 0.3) is 0 Å². The Balaban J connectivity index is 2.39. The molecule has 0 heterocycles. The highest BCUT2D eigenvalue weighted by atomic mass is 16.3. The number of carbonyl (C=O) groups is 1. The fourth-order valence-electron chi connectivity index (χ4n) is 2.63. The molecule has 1 fully saturated rings. The predicted octanol–water partition coefficient (Wildman–Crippen LogP) is 1.53. The maximum atomic E-state index is 12.1. The monoisotopic (exact) mass is 256 g/mol. The zero-order valence-corrected chi connectivity index (χ0v) is 12.0. The van der Waals surface area contributed by atoms with E-state index in [-0.39, 0.29) is 11.9 Å². The lowest BCUT2D eigenvalue weighted by atomic mass is 9.85. The molecule has 0 aliphatic heterocycles. The molecule has 0 aromatic rings. The van der Waals surface area contributed by atoms with Crippen LogP contribution in [0.4, 0.5) is 0 Å². The summed E-state index contributed by atoms with van der Waals surface area (Å²) in [6, 6.07) is -0.212. The molecule has 0 radical (unpaired) electrons. The van der Waals surface area contributed by atoms with Gasteiger partial charge in [-0.1, -0.05) is 19.3 Å². The number of nitrogens with one attached hydrogen (secondary N) is 1. The second-order valence-electron chi connectivity index (χ2n) is 5.40. The topological polar surface area (TPSA) is 52.6 Å². The summed E-state index contributed by atoms with van der Waals surface area (Å²) in [6.45, 7) is 7.87. The highest BCUT2D eigenvalue weighted by Crippen LogP contribution is 2.27. The van der Waals surface area contributed by atoms with Gasteiger partial charge in [-0.25, -0.2) is 0 Å². The predicted molar refractivity (Wildman–Crippen MR) is 73.4 cm³/mol. The van der Waals surface area contributed by atoms with Crippen molar-refractivity contribution in [2.75, 3.05) is 19.6 Å². The highest BCUT2D eigenvalue weighted by Gasteiger charge is 2.30. The van der Waals surface area contributed by atoms with Crippen molar-refractivity contribution in [2.24, 2.45) is 0 Å². The van der Waals surface area contributed by atoms with E-state index in [0.717, 1.165) is 38.8 Å². The van der Waals surface area contributed by atoms with Gasteiger partial charge in [0.2, 0.25) is 5.91 Å². The molecule has 1 aliphatic carbocycles. The van der Waals surface area contributed by atoms with Gasteiger partial charge in [-0.05, 0) is 33.6 Å². The van der Waals surface area contributed by atoms with Gasteiger partial charge in [-0.3, -0.25) is 4.79 Å². The van der Waals surface area contributed by atoms with E-state index in [1.54, 1.807) is 0 Å². The van der Waals surface area contributed by atoms with E-state index < -0.39 is 5.60 Å². The van der Waals surface area contributed by atoms with Gasteiger partial charge >= 0.3 is 0 Å². The molecule has 0 spiro atoms. The SMILES string of the molecule is CCN(CC)C(=O)C(C)NCC1(O)CCCCC1. The molecule has 0 aromatic heterocycles. The van der Waals surface area contributed by atoms with Gasteiger partial charge in [0.1, 0.15) is 0 Å². The van der Waals surface area contributed by atoms with Gasteiger partial charge in [0.15, 0.2) is 0 Å². The molecule has 1 aliphatic rings. The Morgan fingerprint density at radius 2 is 1.83 bits per heavy atom. The van der Waals surface area contributed by atoms with Gasteiger partial charge in [0.05, 0.1) is 11.6 Å². The standard InChI is InChI=1S/C14H28N2O2/c1-4-16(5-2)13(17)12(3)15-11-14(18)9-7-6-8-10-14/h12,15,18H,4-11H2,1-3H3. The van der Waals surface area contributed by atoms with Crippen LogP contribution in [0, 0.1) is 0 Å². The van der Waals surface area contributed by atoms with Crippen molar-refractivity contribution in [1.29, 1.82) is 0 Å². The highest BCUT2D eigenvalue weighted by molar-refractivity contribution is 5.81. The fourth-order valence-corrected chi connectivity index (χ4v) is 2.63. The molecular formula is C14H28N2O2. The Labute approximate surface area is 111 Å². The van der Waals surface area contributed by atoms with Gasteiger partial charge in [-0.15, -0.1) is 0 Å². The lowest BCUT2D eigenvalue weighted by Crippen LogP contribution is -2.50. The maximum absolute atomic E-state index is 12.1. The minimum atomic E-state index is -0.601. The van der Waals surface area contributed by atoms with E-state index in [0.29, 0.717) is 6.54 Å². The van der Waals surface area contributed by atoms with Crippen molar-refractivity contribution in [2.45, 2.75) is 64.5 Å². The van der Waals surface area contributed by atoms with E-state index in [1.165, 1.54) is 6.42 Å². The average Bonchev–Trinajstić information content (AvgIpc) is 2.38. The first kappa shape index (κ1) is 15.4. The second kappa shape index (κ2) is 7.10. The van der Waals surface area contributed by atoms with Crippen LogP contribution in [-0.2, 0) is 4.79 Å². The molecule has 0 aromatic carbocycles. The third kappa shape index (κ3) is 4.25. The van der Waals surface area contributed by atoms with Crippen LogP contribution < -0.4 is 5.32 Å². The van der Waals surface area contributed by atoms with Crippen LogP contribution in [0.5, 0.6) is 0 Å². The summed E-state index contributed by atoms with van der Waals surface area (Å²) in [5.74, 6) is 0.124. The Kier molecular flexibility index (Phi) is 6.09. The average molecular weight is 256 g/mol. The largest absolute Gasteiger partial charge is 0.389 e. The van der Waals surface area contributed by atoms with Gasteiger partial charge in [-0.2, -0.15) is 0 Å². The Bertz CT molecular complexity index is 259. The molecule has 0 saturated heterocycles. The van der Waals surface area contributed by atoms with Gasteiger partial charge < -0.3 is 15.3 Å². The van der Waals surface area contributed by atoms with E-state index in [9.17, 15) is 9.90 Å². The number of carbonyl (C=O) groups excluding carboxylic acids is 1. The lowest BCUT2D eigenvalue weighted by Gasteiger charge is -2.34. The van der Waals surface area contributed by atoms with Gasteiger partial charge in [0, 0.05) is 19.6 Å². The van der Waals surface area contributed by atoms with Crippen LogP contribution in [0.2, 0.25) is 0 Å². The molecular weight excluding hydrogens is 228 g/mol. The lowest BCUT2D eigenvalue weighted by molar-refractivity contribution is -0.133. The molecule has 1 amide bonds. The third-order valence-corrected chi connectivity index (χ3v) is 3.97. The summed E-state index contributed by atoms with van der Waals surface area (Å²) in [5, 5.41) is 13.6. The number of nitrogens with zero attached hydrogens (tertiary/aromatic N) is 1. The Morgan fingerprint density at radius 3 is 2.33 bits per heavy atom. The minimum absolute atomic E-state index is 0.124. The molecule has 4 heteroatoms. The van der Waals surface area contributed by atoms with Crippen molar-refractivity contribution in [3.8, 4) is 0 Å². The molecule has 0 bridgehead atoms. The second-order valence-corrected chi connectivity index (χ2v) is 5.40. The first-order valence-electron chi connectivity index (χ1n) is 7.27. The quantitative estimate of drug-likeness (QED) is 0.758. The molecule has 106 valence electrons. The summed E-state index contributed by atoms with van der Waals surface area (Å²) in [4.78, 5) is 13.9. The van der Waals surface area contributed by atoms with E-state index in [2.05, 4.69) is 5.32 Å². The van der Waals surface area contributed by atoms with Crippen LogP contribution in [0.15, 0.2) is 0 Å². The minimum Gasteiger partial charge on any atom is -0.389 e. The van der Waals surface area contributed by atoms with Crippen LogP contribution in [-0.4, -0.2) is 47.2 Å². The Hall–Kier alpha value is -0.610. The summed E-state index contributed by atoms with van der Waals surface area (Å²) in [7, 11) is 0. The van der Waals surface area contributed by atoms with Crippen LogP contribution in [0.25, 0.3) is 0 Å². The van der Waals surface area contributed by atoms with Crippen molar-refractivity contribution in [1.82, 2.24) is 10.2 Å². The smallest absolute Gasteiger partial charge is 0.239 e. The van der Waals surface area contributed by atoms with Crippen molar-refractivity contribution >= 4 is 5.91 Å². The number of hydrogen-bond donors (Lipinski definition) is 2. The van der Waals surface area contributed by atoms with E-state index >= 15 is 0 Å². The number of likely N-dealkylation sites (N-methyl/N-ethyl adjacent to an activating group) is 1. The molecule has 1 atom stereocenters. The van der Waals surface area contributed by atoms with Crippen LogP contribution in [0.3, 0.4) is 0 Å². The normalized spacial score (nSPS) is 20.4. The van der Waals surface area contributed by atoms with Crippen molar-refractivity contribution < 1.29 is 9.90 Å². The zero-order chi connectivity index (χ0) is 13.6. The van der Waals surface area contributed by atoms with E-state index in [4.69, 9.17) is 0 Å². The number of amides is 1. The van der Waals surface area contributed by atoms with E-state index in [1.807, 2.05) is 25.7 Å². The molecule has 1 rings (SSSR count).